The number of benzene rings is 1. The van der Waals surface area contributed by atoms with Crippen molar-refractivity contribution in [3.63, 3.8) is 0 Å². The molecule has 0 saturated carbocycles. The van der Waals surface area contributed by atoms with Crippen LogP contribution in [-0.4, -0.2) is 68.6 Å². The summed E-state index contributed by atoms with van der Waals surface area (Å²) in [5.41, 5.74) is 1.51. The minimum absolute atomic E-state index is 0.0681. The van der Waals surface area contributed by atoms with E-state index in [9.17, 15) is 9.90 Å². The number of aromatic hydroxyl groups is 1. The molecule has 29 heavy (non-hydrogen) atoms. The van der Waals surface area contributed by atoms with E-state index in [4.69, 9.17) is 4.74 Å². The van der Waals surface area contributed by atoms with Gasteiger partial charge in [-0.25, -0.2) is 4.68 Å². The van der Waals surface area contributed by atoms with Crippen LogP contribution < -0.4 is 4.74 Å². The van der Waals surface area contributed by atoms with E-state index < -0.39 is 0 Å². The summed E-state index contributed by atoms with van der Waals surface area (Å²) >= 11 is 0. The van der Waals surface area contributed by atoms with Gasteiger partial charge in [-0.15, -0.1) is 5.10 Å². The fourth-order valence-corrected chi connectivity index (χ4v) is 3.80. The standard InChI is InChI=1S/C21H31N5O3/c1-4-25(5-2)21(28)18-15-26(23-22-18)17-8-7-11-24(14-17)13-16-9-10-19(27)20(12-16)29-6-3/h9-10,12,15,17,27H,4-8,11,13-14H2,1-3H3/t17-/m0/s1. The van der Waals surface area contributed by atoms with Crippen molar-refractivity contribution in [2.24, 2.45) is 0 Å². The number of hydrogen-bond donors (Lipinski definition) is 1. The van der Waals surface area contributed by atoms with Gasteiger partial charge in [0.2, 0.25) is 0 Å². The lowest BCUT2D eigenvalue weighted by molar-refractivity contribution is 0.0767. The van der Waals surface area contributed by atoms with Gasteiger partial charge in [0.05, 0.1) is 18.8 Å². The van der Waals surface area contributed by atoms with E-state index in [1.165, 1.54) is 0 Å². The number of piperidine rings is 1. The molecule has 1 aliphatic rings. The number of carbonyl (C=O) groups is 1. The number of aromatic nitrogens is 3. The average Bonchev–Trinajstić information content (AvgIpc) is 3.22. The maximum atomic E-state index is 12.5. The molecule has 1 aliphatic heterocycles. The molecule has 8 heteroatoms. The number of hydrogen-bond acceptors (Lipinski definition) is 6. The summed E-state index contributed by atoms with van der Waals surface area (Å²) in [7, 11) is 0. The molecule has 1 fully saturated rings. The maximum Gasteiger partial charge on any atom is 0.276 e. The van der Waals surface area contributed by atoms with E-state index in [1.807, 2.05) is 37.6 Å². The molecule has 0 aliphatic carbocycles. The minimum atomic E-state index is -0.0681. The molecule has 1 aromatic heterocycles. The maximum absolute atomic E-state index is 12.5. The highest BCUT2D eigenvalue weighted by molar-refractivity contribution is 5.91. The van der Waals surface area contributed by atoms with Gasteiger partial charge in [0.1, 0.15) is 0 Å². The Morgan fingerprint density at radius 2 is 2.10 bits per heavy atom. The lowest BCUT2D eigenvalue weighted by Gasteiger charge is -2.32. The van der Waals surface area contributed by atoms with Crippen molar-refractivity contribution < 1.29 is 14.6 Å². The molecule has 1 saturated heterocycles. The molecule has 0 spiro atoms. The first-order valence-corrected chi connectivity index (χ1v) is 10.4. The van der Waals surface area contributed by atoms with E-state index >= 15 is 0 Å². The van der Waals surface area contributed by atoms with Gasteiger partial charge in [0.15, 0.2) is 17.2 Å². The lowest BCUT2D eigenvalue weighted by atomic mass is 10.0. The molecule has 158 valence electrons. The summed E-state index contributed by atoms with van der Waals surface area (Å²) in [5.74, 6) is 0.621. The molecule has 2 aromatic rings. The summed E-state index contributed by atoms with van der Waals surface area (Å²) in [6, 6.07) is 5.71. The number of ether oxygens (including phenoxy) is 1. The van der Waals surface area contributed by atoms with E-state index in [0.717, 1.165) is 38.0 Å². The third-order valence-corrected chi connectivity index (χ3v) is 5.37. The first-order chi connectivity index (χ1) is 14.0. The highest BCUT2D eigenvalue weighted by atomic mass is 16.5. The van der Waals surface area contributed by atoms with E-state index in [0.29, 0.717) is 31.1 Å². The van der Waals surface area contributed by atoms with Crippen LogP contribution in [-0.2, 0) is 6.54 Å². The molecule has 1 aromatic carbocycles. The molecular weight excluding hydrogens is 370 g/mol. The van der Waals surface area contributed by atoms with Gasteiger partial charge in [-0.05, 0) is 57.9 Å². The molecule has 0 unspecified atom stereocenters. The number of rotatable bonds is 8. The Morgan fingerprint density at radius 3 is 2.83 bits per heavy atom. The van der Waals surface area contributed by atoms with Crippen LogP contribution in [0.2, 0.25) is 0 Å². The predicted octanol–water partition coefficient (Wildman–Crippen LogP) is 2.70. The first-order valence-electron chi connectivity index (χ1n) is 10.4. The molecule has 1 atom stereocenters. The Morgan fingerprint density at radius 1 is 1.31 bits per heavy atom. The zero-order valence-electron chi connectivity index (χ0n) is 17.5. The van der Waals surface area contributed by atoms with Crippen molar-refractivity contribution in [3.05, 3.63) is 35.7 Å². The van der Waals surface area contributed by atoms with Gasteiger partial charge < -0.3 is 14.7 Å². The lowest BCUT2D eigenvalue weighted by Crippen LogP contribution is -2.36. The van der Waals surface area contributed by atoms with Crippen molar-refractivity contribution in [1.82, 2.24) is 24.8 Å². The van der Waals surface area contributed by atoms with Crippen molar-refractivity contribution in [2.75, 3.05) is 32.8 Å². The highest BCUT2D eigenvalue weighted by Crippen LogP contribution is 2.28. The van der Waals surface area contributed by atoms with Crippen LogP contribution in [0.5, 0.6) is 11.5 Å². The molecule has 2 heterocycles. The second-order valence-electron chi connectivity index (χ2n) is 7.33. The average molecular weight is 402 g/mol. The monoisotopic (exact) mass is 401 g/mol. The quantitative estimate of drug-likeness (QED) is 0.732. The number of phenolic OH excluding ortho intramolecular Hbond substituents is 1. The van der Waals surface area contributed by atoms with Crippen LogP contribution in [0.25, 0.3) is 0 Å². The zero-order valence-corrected chi connectivity index (χ0v) is 17.5. The van der Waals surface area contributed by atoms with Crippen LogP contribution in [0.3, 0.4) is 0 Å². The van der Waals surface area contributed by atoms with E-state index in [1.54, 1.807) is 17.2 Å². The zero-order chi connectivity index (χ0) is 20.8. The van der Waals surface area contributed by atoms with Gasteiger partial charge in [-0.2, -0.15) is 0 Å². The SMILES string of the molecule is CCOc1cc(CN2CCC[C@H](n3cc(C(=O)N(CC)CC)nn3)C2)ccc1O. The van der Waals surface area contributed by atoms with Crippen LogP contribution >= 0.6 is 0 Å². The molecule has 8 nitrogen and oxygen atoms in total. The van der Waals surface area contributed by atoms with Gasteiger partial charge in [-0.3, -0.25) is 9.69 Å². The molecule has 0 bridgehead atoms. The normalized spacial score (nSPS) is 17.3. The fraction of sp³-hybridized carbons (Fsp3) is 0.571. The van der Waals surface area contributed by atoms with Crippen LogP contribution in [0.4, 0.5) is 0 Å². The molecule has 0 radical (unpaired) electrons. The smallest absolute Gasteiger partial charge is 0.276 e. The van der Waals surface area contributed by atoms with Crippen molar-refractivity contribution in [2.45, 2.75) is 46.2 Å². The second kappa shape index (κ2) is 9.73. The number of likely N-dealkylation sites (tertiary alicyclic amines) is 1. The Bertz CT molecular complexity index is 818. The predicted molar refractivity (Wildman–Crippen MR) is 110 cm³/mol. The third-order valence-electron chi connectivity index (χ3n) is 5.37. The highest BCUT2D eigenvalue weighted by Gasteiger charge is 2.24. The second-order valence-corrected chi connectivity index (χ2v) is 7.33. The summed E-state index contributed by atoms with van der Waals surface area (Å²) in [6.07, 6.45) is 3.85. The fourth-order valence-electron chi connectivity index (χ4n) is 3.80. The summed E-state index contributed by atoms with van der Waals surface area (Å²) in [4.78, 5) is 16.6. The van der Waals surface area contributed by atoms with Gasteiger partial charge in [-0.1, -0.05) is 11.3 Å². The van der Waals surface area contributed by atoms with Crippen molar-refractivity contribution in [1.29, 1.82) is 0 Å². The summed E-state index contributed by atoms with van der Waals surface area (Å²) < 4.78 is 7.33. The van der Waals surface area contributed by atoms with Crippen LogP contribution in [0.1, 0.15) is 55.7 Å². The number of nitrogens with zero attached hydrogens (tertiary/aromatic N) is 5. The number of phenols is 1. The molecule has 1 N–H and O–H groups in total. The van der Waals surface area contributed by atoms with Gasteiger partial charge in [0, 0.05) is 26.2 Å². The summed E-state index contributed by atoms with van der Waals surface area (Å²) in [6.45, 7) is 10.3. The van der Waals surface area contributed by atoms with Crippen LogP contribution in [0, 0.1) is 0 Å². The van der Waals surface area contributed by atoms with Crippen molar-refractivity contribution >= 4 is 5.91 Å². The van der Waals surface area contributed by atoms with E-state index in [2.05, 4.69) is 15.2 Å². The Kier molecular flexibility index (Phi) is 7.09. The summed E-state index contributed by atoms with van der Waals surface area (Å²) in [5, 5.41) is 18.3. The Labute approximate surface area is 172 Å². The van der Waals surface area contributed by atoms with E-state index in [-0.39, 0.29) is 17.7 Å². The molecule has 1 amide bonds. The topological polar surface area (TPSA) is 83.7 Å². The number of amides is 1. The van der Waals surface area contributed by atoms with Crippen molar-refractivity contribution in [3.8, 4) is 11.5 Å². The first kappa shape index (κ1) is 21.1. The third kappa shape index (κ3) is 5.06. The number of carbonyl (C=O) groups excluding carboxylic acids is 1. The minimum Gasteiger partial charge on any atom is -0.504 e. The Balaban J connectivity index is 1.65. The molecule has 3 rings (SSSR count). The van der Waals surface area contributed by atoms with Gasteiger partial charge >= 0.3 is 0 Å². The van der Waals surface area contributed by atoms with Crippen LogP contribution in [0.15, 0.2) is 24.4 Å². The Hall–Kier alpha value is -2.61. The largest absolute Gasteiger partial charge is 0.504 e. The van der Waals surface area contributed by atoms with Gasteiger partial charge in [0.25, 0.3) is 5.91 Å². The molecular formula is C21H31N5O3.